The first-order valence-corrected chi connectivity index (χ1v) is 16.2. The fourth-order valence-corrected chi connectivity index (χ4v) is 6.48. The van der Waals surface area contributed by atoms with Crippen molar-refractivity contribution in [3.63, 3.8) is 0 Å². The first-order chi connectivity index (χ1) is 20.4. The van der Waals surface area contributed by atoms with Crippen molar-refractivity contribution in [3.05, 3.63) is 69.2 Å². The minimum Gasteiger partial charge on any atom is -0.459 e. The van der Waals surface area contributed by atoms with Crippen LogP contribution in [-0.4, -0.2) is 58.2 Å². The Balaban J connectivity index is 1.79. The zero-order chi connectivity index (χ0) is 32.6. The molecule has 2 heterocycles. The van der Waals surface area contributed by atoms with E-state index >= 15 is 0 Å². The van der Waals surface area contributed by atoms with Crippen LogP contribution in [0.2, 0.25) is 10.0 Å². The van der Waals surface area contributed by atoms with E-state index in [1.807, 2.05) is 56.6 Å². The summed E-state index contributed by atoms with van der Waals surface area (Å²) in [7, 11) is 0. The summed E-state index contributed by atoms with van der Waals surface area (Å²) in [5, 5.41) is 0.850. The van der Waals surface area contributed by atoms with Gasteiger partial charge in [-0.2, -0.15) is 0 Å². The number of rotatable bonds is 7. The Bertz CT molecular complexity index is 1410. The molecular weight excluding hydrogens is 597 g/mol. The van der Waals surface area contributed by atoms with Gasteiger partial charge in [0, 0.05) is 47.0 Å². The molecule has 1 atom stereocenters. The Labute approximate surface area is 271 Å². The van der Waals surface area contributed by atoms with Gasteiger partial charge in [-0.05, 0) is 68.0 Å². The summed E-state index contributed by atoms with van der Waals surface area (Å²) >= 11 is 12.7. The van der Waals surface area contributed by atoms with Gasteiger partial charge in [-0.15, -0.1) is 0 Å². The molecule has 2 amide bonds. The van der Waals surface area contributed by atoms with Crippen molar-refractivity contribution >= 4 is 46.7 Å². The van der Waals surface area contributed by atoms with Gasteiger partial charge in [0.2, 0.25) is 5.91 Å². The van der Waals surface area contributed by atoms with E-state index in [1.54, 1.807) is 30.3 Å². The number of carbonyl (C=O) groups excluding carboxylic acids is 3. The molecule has 0 unspecified atom stereocenters. The summed E-state index contributed by atoms with van der Waals surface area (Å²) < 4.78 is 5.40. The molecule has 2 aliphatic heterocycles. The van der Waals surface area contributed by atoms with Crippen molar-refractivity contribution in [3.8, 4) is 0 Å². The number of hydrogen-bond acceptors (Lipinski definition) is 5. The highest BCUT2D eigenvalue weighted by atomic mass is 35.5. The molecule has 44 heavy (non-hydrogen) atoms. The lowest BCUT2D eigenvalue weighted by molar-refractivity contribution is -0.144. The van der Waals surface area contributed by atoms with Crippen LogP contribution < -0.4 is 0 Å². The fourth-order valence-electron chi connectivity index (χ4n) is 5.96. The number of piperidine rings is 1. The zero-order valence-corrected chi connectivity index (χ0v) is 28.7. The predicted molar refractivity (Wildman–Crippen MR) is 176 cm³/mol. The maximum absolute atomic E-state index is 14.6. The van der Waals surface area contributed by atoms with Crippen LogP contribution in [0.15, 0.2) is 47.5 Å². The molecule has 0 saturated carbocycles. The maximum atomic E-state index is 14.6. The largest absolute Gasteiger partial charge is 0.459 e. The van der Waals surface area contributed by atoms with Crippen molar-refractivity contribution < 1.29 is 19.1 Å². The van der Waals surface area contributed by atoms with Gasteiger partial charge >= 0.3 is 5.97 Å². The number of amides is 2. The Hall–Kier alpha value is -2.90. The van der Waals surface area contributed by atoms with Gasteiger partial charge in [-0.3, -0.25) is 14.6 Å². The van der Waals surface area contributed by atoms with Crippen molar-refractivity contribution in [2.75, 3.05) is 13.1 Å². The Morgan fingerprint density at radius 2 is 1.52 bits per heavy atom. The number of ether oxygens (including phenoxy) is 1. The summed E-state index contributed by atoms with van der Waals surface area (Å²) in [4.78, 5) is 49.4. The average molecular weight is 643 g/mol. The number of halogens is 2. The smallest absolute Gasteiger partial charge is 0.338 e. The predicted octanol–water partition coefficient (Wildman–Crippen LogP) is 8.12. The molecule has 1 saturated heterocycles. The lowest BCUT2D eigenvalue weighted by atomic mass is 9.84. The Morgan fingerprint density at radius 1 is 0.955 bits per heavy atom. The van der Waals surface area contributed by atoms with Crippen LogP contribution in [0.25, 0.3) is 0 Å². The molecular formula is C35H45Cl2N3O4. The van der Waals surface area contributed by atoms with Crippen molar-refractivity contribution in [1.29, 1.82) is 0 Å². The van der Waals surface area contributed by atoms with E-state index in [-0.39, 0.29) is 35.3 Å². The molecule has 2 aliphatic rings. The molecule has 9 heteroatoms. The third kappa shape index (κ3) is 7.66. The van der Waals surface area contributed by atoms with Gasteiger partial charge in [0.25, 0.3) is 5.91 Å². The summed E-state index contributed by atoms with van der Waals surface area (Å²) in [6.07, 6.45) is 2.32. The van der Waals surface area contributed by atoms with Crippen LogP contribution >= 0.6 is 23.2 Å². The van der Waals surface area contributed by atoms with E-state index in [0.29, 0.717) is 59.2 Å². The van der Waals surface area contributed by atoms with E-state index in [2.05, 4.69) is 20.8 Å². The van der Waals surface area contributed by atoms with Gasteiger partial charge < -0.3 is 14.5 Å². The van der Waals surface area contributed by atoms with Crippen LogP contribution in [0, 0.1) is 10.8 Å². The third-order valence-electron chi connectivity index (χ3n) is 8.17. The third-order valence-corrected chi connectivity index (χ3v) is 8.61. The van der Waals surface area contributed by atoms with Gasteiger partial charge in [0.1, 0.15) is 11.4 Å². The highest BCUT2D eigenvalue weighted by Crippen LogP contribution is 2.45. The molecule has 0 N–H and O–H groups in total. The van der Waals surface area contributed by atoms with Crippen LogP contribution in [0.1, 0.15) is 109 Å². The van der Waals surface area contributed by atoms with Crippen LogP contribution in [0.5, 0.6) is 0 Å². The normalized spacial score (nSPS) is 17.7. The molecule has 2 aromatic rings. The number of nitrogens with zero attached hydrogens (tertiary/aromatic N) is 3. The molecule has 0 aliphatic carbocycles. The minimum atomic E-state index is -0.854. The number of likely N-dealkylation sites (tertiary alicyclic amines) is 1. The minimum absolute atomic E-state index is 0.0157. The van der Waals surface area contributed by atoms with Gasteiger partial charge in [-0.25, -0.2) is 4.79 Å². The van der Waals surface area contributed by atoms with E-state index in [9.17, 15) is 14.4 Å². The van der Waals surface area contributed by atoms with Crippen LogP contribution in [0.4, 0.5) is 0 Å². The molecule has 0 radical (unpaired) electrons. The molecule has 4 rings (SSSR count). The van der Waals surface area contributed by atoms with Gasteiger partial charge in [-0.1, -0.05) is 76.9 Å². The standard InChI is InChI=1S/C35H45Cl2N3O4/c1-22(2)44-31(42)24-11-9-23(10-12-24)28(13-14-33(3,4)5)40-30(41)29(25-19-26(36)21-27(37)20-25)38-35(40)15-17-39(18-16-35)32(43)34(6,7)8/h9-12,19-22,28H,13-18H2,1-8H3/t28-/m1/s1. The highest BCUT2D eigenvalue weighted by molar-refractivity contribution is 6.47. The molecule has 0 aromatic heterocycles. The highest BCUT2D eigenvalue weighted by Gasteiger charge is 2.52. The maximum Gasteiger partial charge on any atom is 0.338 e. The van der Waals surface area contributed by atoms with Crippen LogP contribution in [-0.2, 0) is 14.3 Å². The Kier molecular flexibility index (Phi) is 9.92. The first-order valence-electron chi connectivity index (χ1n) is 15.4. The van der Waals surface area contributed by atoms with Gasteiger partial charge in [0.05, 0.1) is 17.7 Å². The summed E-state index contributed by atoms with van der Waals surface area (Å²) in [6, 6.07) is 12.1. The summed E-state index contributed by atoms with van der Waals surface area (Å²) in [5.41, 5.74) is 0.924. The van der Waals surface area contributed by atoms with E-state index < -0.39 is 11.1 Å². The topological polar surface area (TPSA) is 79.3 Å². The Morgan fingerprint density at radius 3 is 2.02 bits per heavy atom. The molecule has 2 aromatic carbocycles. The number of esters is 1. The van der Waals surface area contributed by atoms with Crippen LogP contribution in [0.3, 0.4) is 0 Å². The van der Waals surface area contributed by atoms with Gasteiger partial charge in [0.15, 0.2) is 0 Å². The number of hydrogen-bond donors (Lipinski definition) is 0. The molecule has 1 spiro atoms. The fraction of sp³-hybridized carbons (Fsp3) is 0.543. The van der Waals surface area contributed by atoms with Crippen molar-refractivity contribution in [2.45, 2.75) is 98.9 Å². The second-order valence-electron chi connectivity index (χ2n) is 14.5. The second-order valence-corrected chi connectivity index (χ2v) is 15.4. The average Bonchev–Trinajstić information content (AvgIpc) is 3.18. The molecule has 1 fully saturated rings. The molecule has 0 bridgehead atoms. The van der Waals surface area contributed by atoms with E-state index in [1.165, 1.54) is 0 Å². The molecule has 7 nitrogen and oxygen atoms in total. The summed E-state index contributed by atoms with van der Waals surface area (Å²) in [6.45, 7) is 16.9. The zero-order valence-electron chi connectivity index (χ0n) is 27.2. The monoisotopic (exact) mass is 641 g/mol. The number of carbonyl (C=O) groups is 3. The number of benzene rings is 2. The van der Waals surface area contributed by atoms with E-state index in [0.717, 1.165) is 12.0 Å². The van der Waals surface area contributed by atoms with Crippen molar-refractivity contribution in [2.24, 2.45) is 15.8 Å². The lowest BCUT2D eigenvalue weighted by Gasteiger charge is -2.47. The SMILES string of the molecule is CC(C)OC(=O)c1ccc([C@@H](CCC(C)(C)C)N2C(=O)C(c3cc(Cl)cc(Cl)c3)=NC23CCN(C(=O)C(C)(C)C)CC3)cc1. The van der Waals surface area contributed by atoms with Crippen molar-refractivity contribution in [1.82, 2.24) is 9.80 Å². The first kappa shape index (κ1) is 34.0. The van der Waals surface area contributed by atoms with E-state index in [4.69, 9.17) is 32.9 Å². The quantitative estimate of drug-likeness (QED) is 0.286. The summed E-state index contributed by atoms with van der Waals surface area (Å²) in [5.74, 6) is -0.491. The number of aliphatic imine (C=N–C) groups is 1. The second kappa shape index (κ2) is 12.8. The molecule has 238 valence electrons. The lowest BCUT2D eigenvalue weighted by Crippen LogP contribution is -2.56.